The highest BCUT2D eigenvalue weighted by Gasteiger charge is 2.18. The summed E-state index contributed by atoms with van der Waals surface area (Å²) < 4.78 is 2.00. The van der Waals surface area contributed by atoms with E-state index in [0.29, 0.717) is 0 Å². The van der Waals surface area contributed by atoms with Gasteiger partial charge in [0, 0.05) is 32.2 Å². The number of rotatable bonds is 8. The quantitative estimate of drug-likeness (QED) is 0.736. The van der Waals surface area contributed by atoms with E-state index in [1.165, 1.54) is 30.6 Å². The molecule has 0 amide bonds. The fraction of sp³-hybridized carbons (Fsp3) is 0.800. The van der Waals surface area contributed by atoms with Crippen molar-refractivity contribution < 1.29 is 0 Å². The van der Waals surface area contributed by atoms with Crippen molar-refractivity contribution in [3.05, 3.63) is 11.3 Å². The monoisotopic (exact) mass is 266 g/mol. The number of aryl methyl sites for hydroxylation is 2. The maximum absolute atomic E-state index is 6.12. The van der Waals surface area contributed by atoms with Crippen molar-refractivity contribution >= 4 is 5.82 Å². The average Bonchev–Trinajstić information content (AvgIpc) is 2.64. The second-order valence-corrected chi connectivity index (χ2v) is 5.51. The highest BCUT2D eigenvalue weighted by atomic mass is 15.4. The molecule has 0 aliphatic carbocycles. The lowest BCUT2D eigenvalue weighted by molar-refractivity contribution is 0.639. The van der Waals surface area contributed by atoms with E-state index in [0.717, 1.165) is 25.1 Å². The molecule has 1 aromatic heterocycles. The van der Waals surface area contributed by atoms with E-state index in [2.05, 4.69) is 37.8 Å². The second-order valence-electron chi connectivity index (χ2n) is 5.51. The van der Waals surface area contributed by atoms with E-state index < -0.39 is 0 Å². The Labute approximate surface area is 118 Å². The Balaban J connectivity index is 2.85. The van der Waals surface area contributed by atoms with Crippen LogP contribution in [0.5, 0.6) is 0 Å². The highest BCUT2D eigenvalue weighted by molar-refractivity contribution is 5.50. The third kappa shape index (κ3) is 4.23. The summed E-state index contributed by atoms with van der Waals surface area (Å²) in [7, 11) is 4.19. The zero-order valence-corrected chi connectivity index (χ0v) is 13.2. The molecule has 0 aliphatic rings. The number of nitrogens with zero attached hydrogens (tertiary/aromatic N) is 3. The summed E-state index contributed by atoms with van der Waals surface area (Å²) in [5.74, 6) is 1.23. The number of nitrogens with two attached hydrogens (primary N) is 1. The Morgan fingerprint density at radius 3 is 2.58 bits per heavy atom. The first kappa shape index (κ1) is 16.0. The molecule has 110 valence electrons. The summed E-state index contributed by atoms with van der Waals surface area (Å²) in [4.78, 5) is 2.33. The van der Waals surface area contributed by atoms with Gasteiger partial charge >= 0.3 is 0 Å². The highest BCUT2D eigenvalue weighted by Crippen LogP contribution is 2.24. The van der Waals surface area contributed by atoms with Gasteiger partial charge in [-0.15, -0.1) is 0 Å². The van der Waals surface area contributed by atoms with Gasteiger partial charge in [0.1, 0.15) is 5.82 Å². The van der Waals surface area contributed by atoms with Gasteiger partial charge in [-0.05, 0) is 26.2 Å². The number of hydrogen-bond acceptors (Lipinski definition) is 3. The molecule has 0 saturated heterocycles. The molecular weight excluding hydrogens is 236 g/mol. The van der Waals surface area contributed by atoms with Gasteiger partial charge in [-0.2, -0.15) is 5.10 Å². The van der Waals surface area contributed by atoms with Crippen molar-refractivity contribution in [2.75, 3.05) is 18.5 Å². The first-order chi connectivity index (χ1) is 9.01. The Hall–Kier alpha value is -1.03. The molecule has 0 radical (unpaired) electrons. The van der Waals surface area contributed by atoms with Crippen LogP contribution in [0.1, 0.15) is 50.8 Å². The molecule has 1 rings (SSSR count). The SMILES string of the molecule is CCCCCN(C)c1c(CC(N)CC)c(C)nn1C. The molecule has 0 aromatic carbocycles. The van der Waals surface area contributed by atoms with Crippen LogP contribution in [0.4, 0.5) is 5.82 Å². The van der Waals surface area contributed by atoms with Crippen LogP contribution in [0.25, 0.3) is 0 Å². The normalized spacial score (nSPS) is 12.7. The zero-order chi connectivity index (χ0) is 14.4. The van der Waals surface area contributed by atoms with E-state index in [-0.39, 0.29) is 6.04 Å². The predicted octanol–water partition coefficient (Wildman–Crippen LogP) is 2.63. The van der Waals surface area contributed by atoms with E-state index in [9.17, 15) is 0 Å². The Kier molecular flexibility index (Phi) is 6.35. The molecule has 19 heavy (non-hydrogen) atoms. The zero-order valence-electron chi connectivity index (χ0n) is 13.2. The van der Waals surface area contributed by atoms with Crippen LogP contribution in [-0.2, 0) is 13.5 Å². The molecule has 2 N–H and O–H groups in total. The van der Waals surface area contributed by atoms with E-state index >= 15 is 0 Å². The van der Waals surface area contributed by atoms with Crippen molar-refractivity contribution in [3.8, 4) is 0 Å². The van der Waals surface area contributed by atoms with Crippen molar-refractivity contribution in [2.45, 2.75) is 58.9 Å². The summed E-state index contributed by atoms with van der Waals surface area (Å²) in [5, 5.41) is 4.57. The first-order valence-corrected chi connectivity index (χ1v) is 7.50. The van der Waals surface area contributed by atoms with Gasteiger partial charge in [-0.1, -0.05) is 26.7 Å². The fourth-order valence-corrected chi connectivity index (χ4v) is 2.52. The van der Waals surface area contributed by atoms with E-state index in [1.807, 2.05) is 11.7 Å². The van der Waals surface area contributed by atoms with Crippen molar-refractivity contribution in [2.24, 2.45) is 12.8 Å². The Bertz CT molecular complexity index is 384. The van der Waals surface area contributed by atoms with E-state index in [4.69, 9.17) is 5.73 Å². The van der Waals surface area contributed by atoms with Crippen LogP contribution in [-0.4, -0.2) is 29.4 Å². The topological polar surface area (TPSA) is 47.1 Å². The molecule has 1 aromatic rings. The van der Waals surface area contributed by atoms with Crippen molar-refractivity contribution in [1.29, 1.82) is 0 Å². The van der Waals surface area contributed by atoms with Gasteiger partial charge in [0.05, 0.1) is 5.69 Å². The average molecular weight is 266 g/mol. The number of aromatic nitrogens is 2. The maximum Gasteiger partial charge on any atom is 0.129 e. The van der Waals surface area contributed by atoms with Crippen molar-refractivity contribution in [3.63, 3.8) is 0 Å². The molecular formula is C15H30N4. The molecule has 0 aliphatic heterocycles. The first-order valence-electron chi connectivity index (χ1n) is 7.50. The van der Waals surface area contributed by atoms with Crippen molar-refractivity contribution in [1.82, 2.24) is 9.78 Å². The molecule has 0 bridgehead atoms. The summed E-state index contributed by atoms with van der Waals surface area (Å²) in [5.41, 5.74) is 8.55. The Morgan fingerprint density at radius 2 is 2.00 bits per heavy atom. The minimum absolute atomic E-state index is 0.227. The summed E-state index contributed by atoms with van der Waals surface area (Å²) in [6.07, 6.45) is 5.70. The van der Waals surface area contributed by atoms with Gasteiger partial charge in [0.15, 0.2) is 0 Å². The summed E-state index contributed by atoms with van der Waals surface area (Å²) in [6, 6.07) is 0.227. The molecule has 1 heterocycles. The van der Waals surface area contributed by atoms with Crippen LogP contribution in [0.2, 0.25) is 0 Å². The minimum atomic E-state index is 0.227. The summed E-state index contributed by atoms with van der Waals surface area (Å²) >= 11 is 0. The van der Waals surface area contributed by atoms with Gasteiger partial charge in [0.25, 0.3) is 0 Å². The standard InChI is InChI=1S/C15H30N4/c1-6-8-9-10-18(4)15-14(11-13(16)7-2)12(3)17-19(15)5/h13H,6-11,16H2,1-5H3. The van der Waals surface area contributed by atoms with Crippen LogP contribution in [0, 0.1) is 6.92 Å². The molecule has 1 atom stereocenters. The van der Waals surface area contributed by atoms with E-state index in [1.54, 1.807) is 0 Å². The molecule has 0 saturated carbocycles. The number of anilines is 1. The van der Waals surface area contributed by atoms with Gasteiger partial charge < -0.3 is 10.6 Å². The molecule has 4 heteroatoms. The number of hydrogen-bond donors (Lipinski definition) is 1. The molecule has 0 fully saturated rings. The smallest absolute Gasteiger partial charge is 0.129 e. The van der Waals surface area contributed by atoms with Gasteiger partial charge in [-0.25, -0.2) is 0 Å². The lowest BCUT2D eigenvalue weighted by Crippen LogP contribution is -2.26. The third-order valence-electron chi connectivity index (χ3n) is 3.76. The molecule has 1 unspecified atom stereocenters. The largest absolute Gasteiger partial charge is 0.360 e. The predicted molar refractivity (Wildman–Crippen MR) is 82.7 cm³/mol. The van der Waals surface area contributed by atoms with Gasteiger partial charge in [0.2, 0.25) is 0 Å². The number of unbranched alkanes of at least 4 members (excludes halogenated alkanes) is 2. The lowest BCUT2D eigenvalue weighted by Gasteiger charge is -2.22. The van der Waals surface area contributed by atoms with Crippen LogP contribution in [0.15, 0.2) is 0 Å². The molecule has 0 spiro atoms. The minimum Gasteiger partial charge on any atom is -0.360 e. The molecule has 4 nitrogen and oxygen atoms in total. The van der Waals surface area contributed by atoms with Gasteiger partial charge in [-0.3, -0.25) is 4.68 Å². The second kappa shape index (κ2) is 7.53. The maximum atomic E-state index is 6.12. The fourth-order valence-electron chi connectivity index (χ4n) is 2.52. The lowest BCUT2D eigenvalue weighted by atomic mass is 10.0. The van der Waals surface area contributed by atoms with Crippen LogP contribution >= 0.6 is 0 Å². The third-order valence-corrected chi connectivity index (χ3v) is 3.76. The summed E-state index contributed by atoms with van der Waals surface area (Å²) in [6.45, 7) is 7.54. The van der Waals surface area contributed by atoms with Crippen LogP contribution in [0.3, 0.4) is 0 Å². The Morgan fingerprint density at radius 1 is 1.32 bits per heavy atom. The van der Waals surface area contributed by atoms with Crippen LogP contribution < -0.4 is 10.6 Å².